The van der Waals surface area contributed by atoms with Crippen molar-refractivity contribution in [3.63, 3.8) is 0 Å². The topological polar surface area (TPSA) is 312 Å². The quantitative estimate of drug-likeness (QED) is 0.0362. The predicted molar refractivity (Wildman–Crippen MR) is 243 cm³/mol. The SMILES string of the molecule is CC(C)(F)COCNC(=O)CNC(=O)[C@H](Cc1ccccc1)NC(=O)CNC(=O)CNC(=O)[C@H](CCC(=O)NC[C@@H]1O[C@H](CO)[C@@H](O)[C@H](O)[C@H]1O)NC(=O)OCC1c2ccccc2-c2ccccc21. The number of nitrogens with one attached hydrogen (secondary N) is 7. The summed E-state index contributed by atoms with van der Waals surface area (Å²) in [7, 11) is 0. The number of hydrogen-bond acceptors (Lipinski definition) is 14. The van der Waals surface area contributed by atoms with Crippen molar-refractivity contribution in [2.75, 3.05) is 52.7 Å². The number of rotatable bonds is 24. The molecule has 374 valence electrons. The summed E-state index contributed by atoms with van der Waals surface area (Å²) in [5.41, 5.74) is 2.92. The van der Waals surface area contributed by atoms with E-state index in [1.54, 1.807) is 30.3 Å². The Hall–Kier alpha value is -6.56. The van der Waals surface area contributed by atoms with Crippen LogP contribution < -0.4 is 37.2 Å². The van der Waals surface area contributed by atoms with Gasteiger partial charge in [-0.3, -0.25) is 28.8 Å². The number of amides is 7. The molecular weight excluding hydrogens is 906 g/mol. The molecule has 69 heavy (non-hydrogen) atoms. The Balaban J connectivity index is 1.15. The summed E-state index contributed by atoms with van der Waals surface area (Å²) in [6.45, 7) is -0.865. The molecule has 7 atom stereocenters. The summed E-state index contributed by atoms with van der Waals surface area (Å²) in [4.78, 5) is 91.1. The third-order valence-corrected chi connectivity index (χ3v) is 11.1. The summed E-state index contributed by atoms with van der Waals surface area (Å²) in [6, 6.07) is 21.4. The maximum atomic E-state index is 13.6. The number of benzene rings is 3. The van der Waals surface area contributed by atoms with Crippen LogP contribution in [0, 0.1) is 0 Å². The van der Waals surface area contributed by atoms with Gasteiger partial charge in [0.15, 0.2) is 0 Å². The molecule has 0 aromatic heterocycles. The summed E-state index contributed by atoms with van der Waals surface area (Å²) in [6.07, 6.45) is -8.96. The first-order valence-electron chi connectivity index (χ1n) is 22.3. The van der Waals surface area contributed by atoms with Crippen molar-refractivity contribution in [3.05, 3.63) is 95.6 Å². The lowest BCUT2D eigenvalue weighted by molar-refractivity contribution is -0.227. The van der Waals surface area contributed by atoms with Crippen LogP contribution >= 0.6 is 0 Å². The van der Waals surface area contributed by atoms with Gasteiger partial charge in [-0.25, -0.2) is 9.18 Å². The Kier molecular flexibility index (Phi) is 19.9. The van der Waals surface area contributed by atoms with Gasteiger partial charge >= 0.3 is 6.09 Å². The average molecular weight is 966 g/mol. The number of hydrogen-bond donors (Lipinski definition) is 11. The molecule has 1 fully saturated rings. The van der Waals surface area contributed by atoms with Gasteiger partial charge in [0.2, 0.25) is 35.4 Å². The molecule has 5 rings (SSSR count). The largest absolute Gasteiger partial charge is 0.449 e. The van der Waals surface area contributed by atoms with Crippen LogP contribution in [0.4, 0.5) is 9.18 Å². The fourth-order valence-corrected chi connectivity index (χ4v) is 7.59. The van der Waals surface area contributed by atoms with E-state index in [0.717, 1.165) is 22.3 Å². The summed E-state index contributed by atoms with van der Waals surface area (Å²) < 4.78 is 29.7. The number of carbonyl (C=O) groups excluding carboxylic acids is 7. The highest BCUT2D eigenvalue weighted by atomic mass is 19.1. The van der Waals surface area contributed by atoms with Crippen LogP contribution in [0.5, 0.6) is 0 Å². The maximum Gasteiger partial charge on any atom is 0.407 e. The van der Waals surface area contributed by atoms with Gasteiger partial charge < -0.3 is 71.9 Å². The summed E-state index contributed by atoms with van der Waals surface area (Å²) in [5.74, 6) is -4.86. The van der Waals surface area contributed by atoms with E-state index < -0.39 is 116 Å². The molecule has 2 aliphatic rings. The van der Waals surface area contributed by atoms with E-state index in [2.05, 4.69) is 37.2 Å². The number of carbonyl (C=O) groups is 7. The molecule has 0 spiro atoms. The Bertz CT molecular complexity index is 2200. The molecule has 0 saturated carbocycles. The van der Waals surface area contributed by atoms with E-state index in [4.69, 9.17) is 14.2 Å². The number of alkyl carbamates (subject to hydrolysis) is 1. The molecule has 3 aromatic carbocycles. The van der Waals surface area contributed by atoms with Crippen molar-refractivity contribution in [3.8, 4) is 11.1 Å². The third kappa shape index (κ3) is 16.3. The monoisotopic (exact) mass is 965 g/mol. The molecule has 3 aromatic rings. The number of halogens is 1. The smallest absolute Gasteiger partial charge is 0.407 e. The predicted octanol–water partition coefficient (Wildman–Crippen LogP) is -1.45. The van der Waals surface area contributed by atoms with E-state index in [1.807, 2.05) is 48.5 Å². The molecule has 21 nitrogen and oxygen atoms in total. The molecule has 1 heterocycles. The lowest BCUT2D eigenvalue weighted by atomic mass is 9.95. The standard InChI is InChI=1S/C47H60FN7O14/c1-47(2,48)25-67-26-53-39(59)21-52-45(65)34(18-27-10-4-3-5-11-27)54-40(60)22-50-38(58)20-51-44(64)33(16-17-37(57)49-19-35-41(61)43(63)42(62)36(23-56)69-35)55-46(66)68-24-32-30-14-8-6-12-28(30)29-13-7-9-15-31(29)32/h3-15,32-36,41-43,56,61-63H,16-26H2,1-2H3,(H,49,57)(H,50,58)(H,51,64)(H,52,65)(H,53,59)(H,54,60)(H,55,66)/t33-,34-,35-,36+,41-,42+,43+/m0/s1. The Morgan fingerprint density at radius 2 is 1.23 bits per heavy atom. The van der Waals surface area contributed by atoms with Crippen molar-refractivity contribution < 1.29 is 72.6 Å². The van der Waals surface area contributed by atoms with Crippen LogP contribution in [0.2, 0.25) is 0 Å². The van der Waals surface area contributed by atoms with E-state index in [0.29, 0.717) is 5.56 Å². The van der Waals surface area contributed by atoms with E-state index in [-0.39, 0.29) is 51.7 Å². The third-order valence-electron chi connectivity index (χ3n) is 11.1. The molecule has 0 unspecified atom stereocenters. The average Bonchev–Trinajstić information content (AvgIpc) is 3.65. The summed E-state index contributed by atoms with van der Waals surface area (Å²) in [5, 5.41) is 57.0. The van der Waals surface area contributed by atoms with Gasteiger partial charge in [0.25, 0.3) is 0 Å². The van der Waals surface area contributed by atoms with Crippen molar-refractivity contribution in [1.29, 1.82) is 0 Å². The van der Waals surface area contributed by atoms with E-state index in [9.17, 15) is 58.4 Å². The second-order valence-corrected chi connectivity index (χ2v) is 17.1. The first-order chi connectivity index (χ1) is 32.9. The number of alkyl halides is 1. The van der Waals surface area contributed by atoms with Crippen molar-refractivity contribution in [1.82, 2.24) is 37.2 Å². The molecule has 1 aliphatic carbocycles. The molecular formula is C47H60FN7O14. The van der Waals surface area contributed by atoms with Crippen molar-refractivity contribution >= 4 is 41.5 Å². The zero-order chi connectivity index (χ0) is 50.1. The highest BCUT2D eigenvalue weighted by Crippen LogP contribution is 2.44. The van der Waals surface area contributed by atoms with Gasteiger partial charge in [0, 0.05) is 25.3 Å². The fraction of sp³-hybridized carbons (Fsp3) is 0.468. The number of aliphatic hydroxyl groups is 4. The molecule has 0 radical (unpaired) electrons. The second-order valence-electron chi connectivity index (χ2n) is 17.1. The summed E-state index contributed by atoms with van der Waals surface area (Å²) >= 11 is 0. The first kappa shape index (κ1) is 53.4. The van der Waals surface area contributed by atoms with Gasteiger partial charge in [-0.1, -0.05) is 78.9 Å². The molecule has 11 N–H and O–H groups in total. The second kappa shape index (κ2) is 25.7. The van der Waals surface area contributed by atoms with Gasteiger partial charge in [0.05, 0.1) is 32.8 Å². The van der Waals surface area contributed by atoms with Gasteiger partial charge in [-0.2, -0.15) is 0 Å². The Morgan fingerprint density at radius 3 is 1.86 bits per heavy atom. The molecule has 1 aliphatic heterocycles. The zero-order valence-electron chi connectivity index (χ0n) is 38.2. The van der Waals surface area contributed by atoms with Gasteiger partial charge in [0.1, 0.15) is 61.6 Å². The van der Waals surface area contributed by atoms with Crippen molar-refractivity contribution in [2.24, 2.45) is 0 Å². The van der Waals surface area contributed by atoms with Crippen LogP contribution in [-0.2, 0) is 49.4 Å². The minimum Gasteiger partial charge on any atom is -0.449 e. The van der Waals surface area contributed by atoms with Crippen LogP contribution in [-0.4, -0.2) is 163 Å². The van der Waals surface area contributed by atoms with E-state index in [1.165, 1.54) is 13.8 Å². The fourth-order valence-electron chi connectivity index (χ4n) is 7.59. The van der Waals surface area contributed by atoms with Crippen LogP contribution in [0.25, 0.3) is 11.1 Å². The minimum absolute atomic E-state index is 0.0164. The highest BCUT2D eigenvalue weighted by molar-refractivity contribution is 5.93. The van der Waals surface area contributed by atoms with Crippen LogP contribution in [0.15, 0.2) is 78.9 Å². The lowest BCUT2D eigenvalue weighted by Gasteiger charge is -2.40. The van der Waals surface area contributed by atoms with Crippen LogP contribution in [0.3, 0.4) is 0 Å². The number of aliphatic hydroxyl groups excluding tert-OH is 4. The lowest BCUT2D eigenvalue weighted by Crippen LogP contribution is -2.60. The van der Waals surface area contributed by atoms with Crippen LogP contribution in [0.1, 0.15) is 49.3 Å². The van der Waals surface area contributed by atoms with Gasteiger partial charge in [-0.15, -0.1) is 0 Å². The number of ether oxygens (including phenoxy) is 3. The Labute approximate surface area is 397 Å². The zero-order valence-corrected chi connectivity index (χ0v) is 38.2. The maximum absolute atomic E-state index is 13.6. The Morgan fingerprint density at radius 1 is 0.667 bits per heavy atom. The van der Waals surface area contributed by atoms with Gasteiger partial charge in [-0.05, 0) is 48.1 Å². The normalized spacial score (nSPS) is 19.4. The number of fused-ring (bicyclic) bond motifs is 3. The molecule has 7 amide bonds. The van der Waals surface area contributed by atoms with E-state index >= 15 is 0 Å². The molecule has 22 heteroatoms. The molecule has 0 bridgehead atoms. The first-order valence-corrected chi connectivity index (χ1v) is 22.3. The highest BCUT2D eigenvalue weighted by Gasteiger charge is 2.43. The minimum atomic E-state index is -1.66. The van der Waals surface area contributed by atoms with Crippen molar-refractivity contribution in [2.45, 2.75) is 87.3 Å². The molecule has 1 saturated heterocycles.